The molecule has 0 atom stereocenters. The van der Waals surface area contributed by atoms with Gasteiger partial charge in [0.05, 0.1) is 12.2 Å². The normalized spacial score (nSPS) is 12.4. The van der Waals surface area contributed by atoms with Gasteiger partial charge in [-0.25, -0.2) is 13.1 Å². The molecule has 26 heavy (non-hydrogen) atoms. The van der Waals surface area contributed by atoms with E-state index in [1.807, 2.05) is 68.6 Å². The Labute approximate surface area is 158 Å². The van der Waals surface area contributed by atoms with E-state index in [-0.39, 0.29) is 16.9 Å². The third-order valence-corrected chi connectivity index (χ3v) is 6.21. The average Bonchev–Trinajstić information content (AvgIpc) is 3.23. The number of rotatable bonds is 6. The van der Waals surface area contributed by atoms with E-state index < -0.39 is 10.0 Å². The SMILES string of the molecule is CC(C)(C)c1nn(Cc2ccccc2)cc1S(=O)(=O)NCc1cccs1. The minimum absolute atomic E-state index is 0.248. The summed E-state index contributed by atoms with van der Waals surface area (Å²) in [5.41, 5.74) is 1.27. The lowest BCUT2D eigenvalue weighted by Gasteiger charge is -2.17. The molecule has 0 unspecified atom stereocenters. The van der Waals surface area contributed by atoms with Gasteiger partial charge in [-0.3, -0.25) is 4.68 Å². The maximum absolute atomic E-state index is 12.9. The Morgan fingerprint density at radius 3 is 2.46 bits per heavy atom. The molecule has 0 aliphatic rings. The Morgan fingerprint density at radius 2 is 1.85 bits per heavy atom. The smallest absolute Gasteiger partial charge is 0.244 e. The Hall–Kier alpha value is -1.96. The number of nitrogens with one attached hydrogen (secondary N) is 1. The molecule has 0 aliphatic carbocycles. The Morgan fingerprint density at radius 1 is 1.12 bits per heavy atom. The van der Waals surface area contributed by atoms with E-state index in [0.717, 1.165) is 10.4 Å². The zero-order chi connectivity index (χ0) is 18.8. The van der Waals surface area contributed by atoms with Gasteiger partial charge in [0.15, 0.2) is 0 Å². The summed E-state index contributed by atoms with van der Waals surface area (Å²) in [4.78, 5) is 1.22. The molecule has 0 bridgehead atoms. The first-order valence-electron chi connectivity index (χ1n) is 8.39. The topological polar surface area (TPSA) is 64.0 Å². The highest BCUT2D eigenvalue weighted by atomic mass is 32.2. The van der Waals surface area contributed by atoms with E-state index >= 15 is 0 Å². The zero-order valence-corrected chi connectivity index (χ0v) is 16.8. The lowest BCUT2D eigenvalue weighted by atomic mass is 9.92. The van der Waals surface area contributed by atoms with Crippen molar-refractivity contribution in [2.75, 3.05) is 0 Å². The summed E-state index contributed by atoms with van der Waals surface area (Å²) in [7, 11) is -3.65. The summed E-state index contributed by atoms with van der Waals surface area (Å²) in [6, 6.07) is 13.7. The maximum atomic E-state index is 12.9. The largest absolute Gasteiger partial charge is 0.267 e. The van der Waals surface area contributed by atoms with Gasteiger partial charge in [-0.15, -0.1) is 11.3 Å². The minimum atomic E-state index is -3.65. The van der Waals surface area contributed by atoms with Crippen molar-refractivity contribution < 1.29 is 8.42 Å². The number of hydrogen-bond donors (Lipinski definition) is 1. The molecule has 1 N–H and O–H groups in total. The van der Waals surface area contributed by atoms with E-state index in [9.17, 15) is 8.42 Å². The molecule has 0 fully saturated rings. The Kier molecular flexibility index (Phi) is 5.32. The van der Waals surface area contributed by atoms with Crippen LogP contribution in [0.4, 0.5) is 0 Å². The molecule has 138 valence electrons. The number of aromatic nitrogens is 2. The minimum Gasteiger partial charge on any atom is -0.267 e. The van der Waals surface area contributed by atoms with Crippen molar-refractivity contribution >= 4 is 21.4 Å². The average molecular weight is 390 g/mol. The van der Waals surface area contributed by atoms with E-state index in [4.69, 9.17) is 0 Å². The van der Waals surface area contributed by atoms with Crippen LogP contribution in [0.25, 0.3) is 0 Å². The predicted octanol–water partition coefficient (Wildman–Crippen LogP) is 3.77. The quantitative estimate of drug-likeness (QED) is 0.698. The van der Waals surface area contributed by atoms with Crippen LogP contribution < -0.4 is 4.72 Å². The molecule has 5 nitrogen and oxygen atoms in total. The van der Waals surface area contributed by atoms with E-state index in [2.05, 4.69) is 9.82 Å². The number of sulfonamides is 1. The highest BCUT2D eigenvalue weighted by molar-refractivity contribution is 7.89. The number of nitrogens with zero attached hydrogens (tertiary/aromatic N) is 2. The van der Waals surface area contributed by atoms with Crippen molar-refractivity contribution in [1.29, 1.82) is 0 Å². The first kappa shape index (κ1) is 18.8. The third kappa shape index (κ3) is 4.41. The van der Waals surface area contributed by atoms with Gasteiger partial charge in [-0.2, -0.15) is 5.10 Å². The van der Waals surface area contributed by atoms with Crippen LogP contribution in [-0.2, 0) is 28.5 Å². The number of hydrogen-bond acceptors (Lipinski definition) is 4. The molecule has 7 heteroatoms. The molecule has 0 saturated heterocycles. The van der Waals surface area contributed by atoms with Gasteiger partial charge >= 0.3 is 0 Å². The monoisotopic (exact) mass is 389 g/mol. The van der Waals surface area contributed by atoms with Crippen molar-refractivity contribution in [2.24, 2.45) is 0 Å². The summed E-state index contributed by atoms with van der Waals surface area (Å²) < 4.78 is 30.2. The second-order valence-electron chi connectivity index (χ2n) is 7.18. The van der Waals surface area contributed by atoms with Crippen molar-refractivity contribution in [3.8, 4) is 0 Å². The standard InChI is InChI=1S/C19H23N3O2S2/c1-19(2,3)18-17(26(23,24)20-12-16-10-7-11-25-16)14-22(21-18)13-15-8-5-4-6-9-15/h4-11,14,20H,12-13H2,1-3H3. The molecular weight excluding hydrogens is 366 g/mol. The Balaban J connectivity index is 1.91. The van der Waals surface area contributed by atoms with Crippen LogP contribution >= 0.6 is 11.3 Å². The fourth-order valence-electron chi connectivity index (χ4n) is 2.63. The molecule has 0 aliphatic heterocycles. The lowest BCUT2D eigenvalue weighted by Crippen LogP contribution is -2.26. The van der Waals surface area contributed by atoms with Gasteiger partial charge in [0.25, 0.3) is 0 Å². The summed E-state index contributed by atoms with van der Waals surface area (Å²) in [6.07, 6.45) is 1.63. The lowest BCUT2D eigenvalue weighted by molar-refractivity contribution is 0.531. The molecule has 2 heterocycles. The highest BCUT2D eigenvalue weighted by Gasteiger charge is 2.29. The van der Waals surface area contributed by atoms with Crippen molar-refractivity contribution in [2.45, 2.75) is 44.2 Å². The van der Waals surface area contributed by atoms with Crippen LogP contribution in [0, 0.1) is 0 Å². The van der Waals surface area contributed by atoms with Crippen LogP contribution in [0.2, 0.25) is 0 Å². The molecular formula is C19H23N3O2S2. The fraction of sp³-hybridized carbons (Fsp3) is 0.316. The fourth-order valence-corrected chi connectivity index (χ4v) is 4.73. The van der Waals surface area contributed by atoms with Crippen LogP contribution in [0.1, 0.15) is 36.9 Å². The number of benzene rings is 1. The first-order chi connectivity index (χ1) is 12.3. The van der Waals surface area contributed by atoms with Crippen LogP contribution in [-0.4, -0.2) is 18.2 Å². The second kappa shape index (κ2) is 7.34. The molecule has 2 aromatic heterocycles. The molecule has 3 aromatic rings. The molecule has 0 saturated carbocycles. The Bertz CT molecular complexity index is 954. The second-order valence-corrected chi connectivity index (χ2v) is 9.95. The van der Waals surface area contributed by atoms with Gasteiger partial charge in [0.1, 0.15) is 4.90 Å². The van der Waals surface area contributed by atoms with E-state index in [1.165, 1.54) is 11.3 Å². The molecule has 0 amide bonds. The molecule has 1 aromatic carbocycles. The summed E-state index contributed by atoms with van der Waals surface area (Å²) in [5, 5.41) is 6.52. The first-order valence-corrected chi connectivity index (χ1v) is 10.8. The number of thiophene rings is 1. The van der Waals surface area contributed by atoms with Crippen LogP contribution in [0.15, 0.2) is 58.9 Å². The molecule has 0 spiro atoms. The third-order valence-electron chi connectivity index (χ3n) is 3.93. The van der Waals surface area contributed by atoms with Gasteiger partial charge in [-0.05, 0) is 17.0 Å². The van der Waals surface area contributed by atoms with Gasteiger partial charge in [0, 0.05) is 23.0 Å². The summed E-state index contributed by atoms with van der Waals surface area (Å²) >= 11 is 1.53. The van der Waals surface area contributed by atoms with Crippen LogP contribution in [0.5, 0.6) is 0 Å². The highest BCUT2D eigenvalue weighted by Crippen LogP contribution is 2.28. The maximum Gasteiger partial charge on any atom is 0.244 e. The molecule has 0 radical (unpaired) electrons. The van der Waals surface area contributed by atoms with Crippen LogP contribution in [0.3, 0.4) is 0 Å². The van der Waals surface area contributed by atoms with Crippen molar-refractivity contribution in [1.82, 2.24) is 14.5 Å². The summed E-state index contributed by atoms with van der Waals surface area (Å²) in [5.74, 6) is 0. The zero-order valence-electron chi connectivity index (χ0n) is 15.1. The van der Waals surface area contributed by atoms with Gasteiger partial charge < -0.3 is 0 Å². The van der Waals surface area contributed by atoms with E-state index in [0.29, 0.717) is 12.2 Å². The molecule has 3 rings (SSSR count). The summed E-state index contributed by atoms with van der Waals surface area (Å²) in [6.45, 7) is 6.74. The van der Waals surface area contributed by atoms with Gasteiger partial charge in [-0.1, -0.05) is 57.2 Å². The van der Waals surface area contributed by atoms with E-state index in [1.54, 1.807) is 10.9 Å². The predicted molar refractivity (Wildman–Crippen MR) is 105 cm³/mol. The van der Waals surface area contributed by atoms with Crippen molar-refractivity contribution in [3.63, 3.8) is 0 Å². The van der Waals surface area contributed by atoms with Crippen molar-refractivity contribution in [3.05, 3.63) is 70.2 Å². The van der Waals surface area contributed by atoms with Gasteiger partial charge in [0.2, 0.25) is 10.0 Å².